The first-order valence-electron chi connectivity index (χ1n) is 7.86. The molecule has 0 aromatic heterocycles. The number of anilines is 1. The predicted octanol–water partition coefficient (Wildman–Crippen LogP) is 2.51. The standard InChI is InChI=1S/C16H16N3O4PS3/c1-2-18-11-7-10(8-17)3-4-12(11)26-14(18)6-5-13-15(20)19(16(25)27-13)9-24(21,22)23/h3-7,21-24H,2,9H2,1H3/b13-5+,14-6-. The second kappa shape index (κ2) is 7.89. The van der Waals surface area contributed by atoms with Crippen molar-refractivity contribution in [2.45, 2.75) is 11.8 Å². The molecule has 1 saturated heterocycles. The molecule has 1 amide bonds. The Balaban J connectivity index is 1.84. The van der Waals surface area contributed by atoms with Crippen molar-refractivity contribution in [3.8, 4) is 6.07 Å². The number of carbonyl (C=O) groups excluding carboxylic acids is 1. The minimum atomic E-state index is -4.43. The van der Waals surface area contributed by atoms with E-state index < -0.39 is 20.1 Å². The molecule has 2 aliphatic rings. The third kappa shape index (κ3) is 4.36. The second-order valence-electron chi connectivity index (χ2n) is 5.71. The third-order valence-electron chi connectivity index (χ3n) is 3.80. The Kier molecular flexibility index (Phi) is 5.93. The van der Waals surface area contributed by atoms with E-state index in [2.05, 4.69) is 6.07 Å². The summed E-state index contributed by atoms with van der Waals surface area (Å²) in [7, 11) is -4.43. The molecule has 0 radical (unpaired) electrons. The topological polar surface area (TPSA) is 108 Å². The summed E-state index contributed by atoms with van der Waals surface area (Å²) in [4.78, 5) is 44.5. The monoisotopic (exact) mass is 441 g/mol. The van der Waals surface area contributed by atoms with E-state index in [1.165, 1.54) is 11.8 Å². The van der Waals surface area contributed by atoms with Crippen molar-refractivity contribution in [3.63, 3.8) is 0 Å². The Bertz CT molecular complexity index is 920. The van der Waals surface area contributed by atoms with Crippen molar-refractivity contribution in [1.82, 2.24) is 4.90 Å². The summed E-state index contributed by atoms with van der Waals surface area (Å²) in [6.07, 6.45) is 2.86. The van der Waals surface area contributed by atoms with E-state index in [1.807, 2.05) is 24.0 Å². The summed E-state index contributed by atoms with van der Waals surface area (Å²) in [6, 6.07) is 7.63. The Morgan fingerprint density at radius 1 is 1.26 bits per heavy atom. The van der Waals surface area contributed by atoms with Crippen molar-refractivity contribution in [2.24, 2.45) is 0 Å². The number of hydrogen-bond donors (Lipinski definition) is 3. The summed E-state index contributed by atoms with van der Waals surface area (Å²) < 4.78 is 0.173. The molecule has 142 valence electrons. The molecule has 7 nitrogen and oxygen atoms in total. The van der Waals surface area contributed by atoms with Gasteiger partial charge in [0.15, 0.2) is 0 Å². The Morgan fingerprint density at radius 2 is 2.00 bits per heavy atom. The Hall–Kier alpha value is -1.44. The van der Waals surface area contributed by atoms with Gasteiger partial charge in [-0.05, 0) is 0 Å². The first-order valence-corrected chi connectivity index (χ1v) is 11.9. The molecule has 1 aromatic carbocycles. The number of allylic oxidation sites excluding steroid dienone is 2. The van der Waals surface area contributed by atoms with E-state index in [4.69, 9.17) is 17.5 Å². The van der Waals surface area contributed by atoms with E-state index in [-0.39, 0.29) is 4.32 Å². The Morgan fingerprint density at radius 3 is 2.63 bits per heavy atom. The van der Waals surface area contributed by atoms with Gasteiger partial charge in [0.2, 0.25) is 0 Å². The van der Waals surface area contributed by atoms with Crippen LogP contribution in [0.2, 0.25) is 0 Å². The maximum absolute atomic E-state index is 12.4. The summed E-state index contributed by atoms with van der Waals surface area (Å²) in [5.74, 6) is -0.466. The quantitative estimate of drug-likeness (QED) is 0.369. The molecule has 0 aliphatic carbocycles. The van der Waals surface area contributed by atoms with Crippen LogP contribution in [0.1, 0.15) is 12.5 Å². The molecule has 1 aromatic rings. The number of carbonyl (C=O) groups is 1. The second-order valence-corrected chi connectivity index (χ2v) is 10.3. The molecule has 11 heteroatoms. The van der Waals surface area contributed by atoms with Gasteiger partial charge in [-0.15, -0.1) is 0 Å². The van der Waals surface area contributed by atoms with Crippen LogP contribution >= 0.6 is 43.7 Å². The summed E-state index contributed by atoms with van der Waals surface area (Å²) in [6.45, 7) is 2.69. The summed E-state index contributed by atoms with van der Waals surface area (Å²) in [5, 5.41) is 10.00. The number of amides is 1. The van der Waals surface area contributed by atoms with Gasteiger partial charge in [0.1, 0.15) is 0 Å². The average molecular weight is 441 g/mol. The van der Waals surface area contributed by atoms with Gasteiger partial charge in [-0.3, -0.25) is 0 Å². The molecule has 0 atom stereocenters. The van der Waals surface area contributed by atoms with Crippen LogP contribution in [0.25, 0.3) is 0 Å². The van der Waals surface area contributed by atoms with Crippen LogP contribution < -0.4 is 4.90 Å². The maximum atomic E-state index is 12.4. The molecule has 1 fully saturated rings. The number of fused-ring (bicyclic) bond motifs is 1. The van der Waals surface area contributed by atoms with Crippen LogP contribution in [0.3, 0.4) is 0 Å². The molecule has 2 heterocycles. The predicted molar refractivity (Wildman–Crippen MR) is 113 cm³/mol. The van der Waals surface area contributed by atoms with Crippen molar-refractivity contribution in [2.75, 3.05) is 17.7 Å². The molecule has 27 heavy (non-hydrogen) atoms. The number of benzene rings is 1. The van der Waals surface area contributed by atoms with E-state index in [0.717, 1.165) is 32.3 Å². The molecular formula is C16H16N3O4PS3. The summed E-state index contributed by atoms with van der Waals surface area (Å²) in [5.41, 5.74) is 1.53. The number of rotatable bonds is 4. The van der Waals surface area contributed by atoms with E-state index in [1.54, 1.807) is 18.2 Å². The molecule has 0 unspecified atom stereocenters. The average Bonchev–Trinajstić information content (AvgIpc) is 3.09. The Labute approximate surface area is 170 Å². The van der Waals surface area contributed by atoms with Crippen LogP contribution in [-0.2, 0) is 4.79 Å². The van der Waals surface area contributed by atoms with Crippen molar-refractivity contribution in [1.29, 1.82) is 5.26 Å². The molecule has 0 bridgehead atoms. The number of thiocarbonyl (C=S) groups is 1. The van der Waals surface area contributed by atoms with Gasteiger partial charge in [-0.2, -0.15) is 5.26 Å². The van der Waals surface area contributed by atoms with Gasteiger partial charge >= 0.3 is 165 Å². The van der Waals surface area contributed by atoms with Crippen molar-refractivity contribution < 1.29 is 19.5 Å². The number of nitrogens with zero attached hydrogens (tertiary/aromatic N) is 3. The zero-order chi connectivity index (χ0) is 19.8. The van der Waals surface area contributed by atoms with Crippen LogP contribution in [0.4, 0.5) is 5.69 Å². The molecule has 3 N–H and O–H groups in total. The van der Waals surface area contributed by atoms with E-state index in [0.29, 0.717) is 17.0 Å². The minimum absolute atomic E-state index is 0.173. The molecular weight excluding hydrogens is 425 g/mol. The first kappa shape index (κ1) is 20.3. The van der Waals surface area contributed by atoms with Crippen LogP contribution in [-0.4, -0.2) is 42.6 Å². The number of nitriles is 1. The van der Waals surface area contributed by atoms with Gasteiger partial charge in [-0.1, -0.05) is 0 Å². The third-order valence-corrected chi connectivity index (χ3v) is 7.06. The normalized spacial score (nSPS) is 20.6. The van der Waals surface area contributed by atoms with Crippen molar-refractivity contribution in [3.05, 3.63) is 45.8 Å². The molecule has 2 aliphatic heterocycles. The fourth-order valence-corrected chi connectivity index (χ4v) is 5.89. The van der Waals surface area contributed by atoms with Gasteiger partial charge < -0.3 is 0 Å². The number of hydrogen-bond acceptors (Lipinski definition) is 9. The fourth-order valence-electron chi connectivity index (χ4n) is 2.63. The summed E-state index contributed by atoms with van der Waals surface area (Å²) >= 11 is 7.68. The van der Waals surface area contributed by atoms with Gasteiger partial charge in [0.25, 0.3) is 0 Å². The van der Waals surface area contributed by atoms with Crippen LogP contribution in [0.15, 0.2) is 45.2 Å². The molecule has 0 spiro atoms. The fraction of sp³-hybridized carbons (Fsp3) is 0.188. The number of thioether (sulfide) groups is 2. The SMILES string of the molecule is CCN1/C(=C/C=C2/SC(=S)N(C[PH](O)(O)O)C2=O)Sc2ccc(C#N)cc21. The molecule has 3 rings (SSSR count). The van der Waals surface area contributed by atoms with Crippen LogP contribution in [0.5, 0.6) is 0 Å². The van der Waals surface area contributed by atoms with E-state index in [9.17, 15) is 19.5 Å². The molecule has 0 saturated carbocycles. The zero-order valence-electron chi connectivity index (χ0n) is 14.1. The van der Waals surface area contributed by atoms with E-state index >= 15 is 0 Å². The van der Waals surface area contributed by atoms with Gasteiger partial charge in [0.05, 0.1) is 0 Å². The van der Waals surface area contributed by atoms with Gasteiger partial charge in [0, 0.05) is 0 Å². The zero-order valence-corrected chi connectivity index (χ0v) is 17.6. The van der Waals surface area contributed by atoms with Crippen LogP contribution in [0, 0.1) is 11.3 Å². The van der Waals surface area contributed by atoms with Crippen molar-refractivity contribution >= 4 is 59.6 Å². The van der Waals surface area contributed by atoms with Gasteiger partial charge in [-0.25, -0.2) is 0 Å². The first-order chi connectivity index (χ1) is 12.7.